The molecule has 0 amide bonds. The number of halogens is 2. The van der Waals surface area contributed by atoms with Crippen molar-refractivity contribution in [1.29, 1.82) is 0 Å². The highest BCUT2D eigenvalue weighted by Gasteiger charge is 2.08. The Morgan fingerprint density at radius 3 is 2.85 bits per heavy atom. The van der Waals surface area contributed by atoms with Crippen LogP contribution in [0.2, 0.25) is 0 Å². The molecule has 1 aromatic carbocycles. The van der Waals surface area contributed by atoms with Crippen LogP contribution in [0, 0.1) is 5.82 Å². The Labute approximate surface area is 124 Å². The highest BCUT2D eigenvalue weighted by molar-refractivity contribution is 9.10. The zero-order chi connectivity index (χ0) is 14.7. The fourth-order valence-corrected chi connectivity index (χ4v) is 2.19. The van der Waals surface area contributed by atoms with E-state index in [-0.39, 0.29) is 24.0 Å². The summed E-state index contributed by atoms with van der Waals surface area (Å²) in [6.45, 7) is 4.18. The summed E-state index contributed by atoms with van der Waals surface area (Å²) < 4.78 is 15.1. The van der Waals surface area contributed by atoms with Crippen molar-refractivity contribution in [2.75, 3.05) is 5.32 Å². The lowest BCUT2D eigenvalue weighted by atomic mass is 10.2. The van der Waals surface area contributed by atoms with Crippen molar-refractivity contribution in [2.45, 2.75) is 26.4 Å². The largest absolute Gasteiger partial charge is 0.381 e. The van der Waals surface area contributed by atoms with Crippen molar-refractivity contribution in [3.63, 3.8) is 0 Å². The quantitative estimate of drug-likeness (QED) is 0.931. The Kier molecular flexibility index (Phi) is 4.54. The van der Waals surface area contributed by atoms with Crippen molar-refractivity contribution < 1.29 is 4.39 Å². The fourth-order valence-electron chi connectivity index (χ4n) is 1.80. The zero-order valence-corrected chi connectivity index (χ0v) is 12.8. The van der Waals surface area contributed by atoms with Gasteiger partial charge in [0.25, 0.3) is 5.56 Å². The maximum absolute atomic E-state index is 13.4. The Hall–Kier alpha value is -1.69. The van der Waals surface area contributed by atoms with E-state index in [1.165, 1.54) is 16.8 Å². The predicted molar refractivity (Wildman–Crippen MR) is 80.5 cm³/mol. The second-order valence-corrected chi connectivity index (χ2v) is 5.55. The lowest BCUT2D eigenvalue weighted by Crippen LogP contribution is -2.24. The normalized spacial score (nSPS) is 10.8. The highest BCUT2D eigenvalue weighted by atomic mass is 79.9. The van der Waals surface area contributed by atoms with Gasteiger partial charge in [0, 0.05) is 12.1 Å². The summed E-state index contributed by atoms with van der Waals surface area (Å²) in [6, 6.07) is 6.43. The molecule has 0 aliphatic heterocycles. The number of aromatic nitrogens is 2. The molecule has 0 saturated carbocycles. The maximum atomic E-state index is 13.4. The predicted octanol–water partition coefficient (Wildman–Crippen LogP) is 3.01. The van der Waals surface area contributed by atoms with Crippen LogP contribution in [0.4, 0.5) is 10.1 Å². The number of hydrogen-bond acceptors (Lipinski definition) is 3. The second kappa shape index (κ2) is 6.17. The zero-order valence-electron chi connectivity index (χ0n) is 11.2. The summed E-state index contributed by atoms with van der Waals surface area (Å²) in [5.74, 6) is -0.353. The van der Waals surface area contributed by atoms with E-state index in [2.05, 4.69) is 26.3 Å². The minimum Gasteiger partial charge on any atom is -0.381 e. The molecule has 0 spiro atoms. The van der Waals surface area contributed by atoms with Gasteiger partial charge in [-0.1, -0.05) is 12.1 Å². The summed E-state index contributed by atoms with van der Waals surface area (Å²) in [5.41, 5.74) is 1.12. The van der Waals surface area contributed by atoms with Crippen LogP contribution >= 0.6 is 15.9 Å². The standard InChI is InChI=1S/C14H15BrFN3O/c1-9(2)18-11-6-13(20)19(17-7-11)8-10-4-3-5-12(16)14(10)15/h3-7,9,18H,8H2,1-2H3. The van der Waals surface area contributed by atoms with Gasteiger partial charge in [0.05, 0.1) is 22.9 Å². The number of benzene rings is 1. The summed E-state index contributed by atoms with van der Waals surface area (Å²) in [4.78, 5) is 12.0. The molecule has 0 bridgehead atoms. The molecule has 106 valence electrons. The third kappa shape index (κ3) is 3.45. The van der Waals surface area contributed by atoms with Gasteiger partial charge in [0.1, 0.15) is 5.82 Å². The van der Waals surface area contributed by atoms with Crippen LogP contribution in [0.25, 0.3) is 0 Å². The van der Waals surface area contributed by atoms with Crippen molar-refractivity contribution in [1.82, 2.24) is 9.78 Å². The van der Waals surface area contributed by atoms with Gasteiger partial charge in [-0.05, 0) is 41.4 Å². The molecule has 0 unspecified atom stereocenters. The smallest absolute Gasteiger partial charge is 0.269 e. The van der Waals surface area contributed by atoms with E-state index in [4.69, 9.17) is 0 Å². The van der Waals surface area contributed by atoms with Crippen LogP contribution in [0.1, 0.15) is 19.4 Å². The molecule has 0 aliphatic carbocycles. The second-order valence-electron chi connectivity index (χ2n) is 4.75. The molecule has 1 heterocycles. The molecule has 0 aliphatic rings. The van der Waals surface area contributed by atoms with E-state index in [9.17, 15) is 9.18 Å². The first kappa shape index (κ1) is 14.7. The van der Waals surface area contributed by atoms with Crippen molar-refractivity contribution >= 4 is 21.6 Å². The minimum atomic E-state index is -0.353. The topological polar surface area (TPSA) is 46.9 Å². The number of anilines is 1. The molecular formula is C14H15BrFN3O. The minimum absolute atomic E-state index is 0.221. The van der Waals surface area contributed by atoms with Crippen LogP contribution < -0.4 is 10.9 Å². The number of rotatable bonds is 4. The van der Waals surface area contributed by atoms with Crippen LogP contribution in [0.15, 0.2) is 39.7 Å². The third-order valence-electron chi connectivity index (χ3n) is 2.68. The number of nitrogens with zero attached hydrogens (tertiary/aromatic N) is 2. The molecule has 0 fully saturated rings. The first-order chi connectivity index (χ1) is 9.47. The summed E-state index contributed by atoms with van der Waals surface area (Å²) >= 11 is 3.18. The van der Waals surface area contributed by atoms with Crippen molar-refractivity contribution in [3.8, 4) is 0 Å². The summed E-state index contributed by atoms with van der Waals surface area (Å²) in [5, 5.41) is 7.21. The van der Waals surface area contributed by atoms with Crippen LogP contribution in [-0.4, -0.2) is 15.8 Å². The average molecular weight is 340 g/mol. The van der Waals surface area contributed by atoms with E-state index in [1.807, 2.05) is 13.8 Å². The van der Waals surface area contributed by atoms with Gasteiger partial charge in [-0.2, -0.15) is 5.10 Å². The molecule has 1 N–H and O–H groups in total. The summed E-state index contributed by atoms with van der Waals surface area (Å²) in [7, 11) is 0. The molecule has 0 radical (unpaired) electrons. The Bertz CT molecular complexity index is 670. The van der Waals surface area contributed by atoms with Crippen LogP contribution in [0.3, 0.4) is 0 Å². The maximum Gasteiger partial charge on any atom is 0.269 e. The average Bonchev–Trinajstić information content (AvgIpc) is 2.37. The highest BCUT2D eigenvalue weighted by Crippen LogP contribution is 2.20. The van der Waals surface area contributed by atoms with E-state index in [0.717, 1.165) is 0 Å². The Morgan fingerprint density at radius 1 is 1.45 bits per heavy atom. The number of hydrogen-bond donors (Lipinski definition) is 1. The van der Waals surface area contributed by atoms with Crippen molar-refractivity contribution in [3.05, 3.63) is 56.7 Å². The van der Waals surface area contributed by atoms with Gasteiger partial charge in [-0.3, -0.25) is 4.79 Å². The monoisotopic (exact) mass is 339 g/mol. The van der Waals surface area contributed by atoms with Gasteiger partial charge < -0.3 is 5.32 Å². The molecule has 0 atom stereocenters. The first-order valence-corrected chi connectivity index (χ1v) is 7.03. The number of nitrogens with one attached hydrogen (secondary N) is 1. The third-order valence-corrected chi connectivity index (χ3v) is 3.56. The van der Waals surface area contributed by atoms with Gasteiger partial charge in [0.2, 0.25) is 0 Å². The summed E-state index contributed by atoms with van der Waals surface area (Å²) in [6.07, 6.45) is 1.59. The molecule has 4 nitrogen and oxygen atoms in total. The van der Waals surface area contributed by atoms with E-state index in [1.54, 1.807) is 18.3 Å². The van der Waals surface area contributed by atoms with Gasteiger partial charge >= 0.3 is 0 Å². The van der Waals surface area contributed by atoms with Crippen molar-refractivity contribution in [2.24, 2.45) is 0 Å². The molecule has 0 saturated heterocycles. The molecule has 20 heavy (non-hydrogen) atoms. The molecule has 2 aromatic rings. The molecular weight excluding hydrogens is 325 g/mol. The van der Waals surface area contributed by atoms with Crippen LogP contribution in [-0.2, 0) is 6.54 Å². The molecule has 1 aromatic heterocycles. The first-order valence-electron chi connectivity index (χ1n) is 6.24. The van der Waals surface area contributed by atoms with E-state index < -0.39 is 0 Å². The molecule has 6 heteroatoms. The van der Waals surface area contributed by atoms with Crippen LogP contribution in [0.5, 0.6) is 0 Å². The van der Waals surface area contributed by atoms with Gasteiger partial charge in [-0.15, -0.1) is 0 Å². The van der Waals surface area contributed by atoms with Gasteiger partial charge in [0.15, 0.2) is 0 Å². The Balaban J connectivity index is 2.26. The lowest BCUT2D eigenvalue weighted by molar-refractivity contribution is 0.603. The van der Waals surface area contributed by atoms with E-state index >= 15 is 0 Å². The fraction of sp³-hybridized carbons (Fsp3) is 0.286. The SMILES string of the molecule is CC(C)Nc1cnn(Cc2cccc(F)c2Br)c(=O)c1. The Morgan fingerprint density at radius 2 is 2.20 bits per heavy atom. The lowest BCUT2D eigenvalue weighted by Gasteiger charge is -2.11. The van der Waals surface area contributed by atoms with E-state index in [0.29, 0.717) is 15.7 Å². The van der Waals surface area contributed by atoms with Gasteiger partial charge in [-0.25, -0.2) is 9.07 Å². The molecule has 2 rings (SSSR count).